The van der Waals surface area contributed by atoms with Gasteiger partial charge in [-0.3, -0.25) is 4.79 Å². The average molecular weight is 423 g/mol. The van der Waals surface area contributed by atoms with Crippen LogP contribution in [0.25, 0.3) is 0 Å². The molecule has 0 aromatic carbocycles. The molecule has 0 aliphatic rings. The lowest BCUT2D eigenvalue weighted by Crippen LogP contribution is -2.41. The van der Waals surface area contributed by atoms with Crippen LogP contribution in [0.3, 0.4) is 0 Å². The van der Waals surface area contributed by atoms with Crippen molar-refractivity contribution in [2.75, 3.05) is 0 Å². The molecule has 7 heteroatoms. The van der Waals surface area contributed by atoms with Crippen molar-refractivity contribution in [3.63, 3.8) is 0 Å². The topological polar surface area (TPSA) is 72.6 Å². The summed E-state index contributed by atoms with van der Waals surface area (Å²) in [6.07, 6.45) is 1.60. The summed E-state index contributed by atoms with van der Waals surface area (Å²) in [5, 5.41) is 3.99. The van der Waals surface area contributed by atoms with Gasteiger partial charge < -0.3 is 15.4 Å². The molecule has 2 aromatic rings. The highest BCUT2D eigenvalue weighted by Crippen LogP contribution is 2.24. The van der Waals surface area contributed by atoms with Crippen molar-refractivity contribution >= 4 is 34.7 Å². The number of nitrogens with two attached hydrogens (primary N) is 1. The maximum Gasteiger partial charge on any atom is 0.405 e. The van der Waals surface area contributed by atoms with Gasteiger partial charge in [-0.15, -0.1) is 22.7 Å². The zero-order valence-electron chi connectivity index (χ0n) is 16.8. The summed E-state index contributed by atoms with van der Waals surface area (Å²) < 4.78 is 5.22. The molecule has 2 heterocycles. The number of ether oxygens (including phenoxy) is 1. The molecule has 1 atom stereocenters. The molecule has 0 spiro atoms. The zero-order chi connectivity index (χ0) is 20.6. The summed E-state index contributed by atoms with van der Waals surface area (Å²) in [5.74, 6) is -0.184. The molecule has 2 aromatic heterocycles. The van der Waals surface area contributed by atoms with Crippen molar-refractivity contribution in [2.45, 2.75) is 65.6 Å². The minimum absolute atomic E-state index is 0.184. The van der Waals surface area contributed by atoms with E-state index in [4.69, 9.17) is 10.5 Å². The number of carbonyl (C=O) groups excluding carboxylic acids is 2. The van der Waals surface area contributed by atoms with Crippen molar-refractivity contribution in [3.05, 3.63) is 44.8 Å². The van der Waals surface area contributed by atoms with Crippen LogP contribution in [0.1, 0.15) is 56.2 Å². The minimum Gasteiger partial charge on any atom is -0.436 e. The Morgan fingerprint density at radius 1 is 1.07 bits per heavy atom. The monoisotopic (exact) mass is 422 g/mol. The Hall–Kier alpha value is -1.86. The van der Waals surface area contributed by atoms with E-state index in [1.165, 1.54) is 0 Å². The van der Waals surface area contributed by atoms with E-state index in [1.54, 1.807) is 27.6 Å². The van der Waals surface area contributed by atoms with Gasteiger partial charge >= 0.3 is 6.09 Å². The molecule has 0 aliphatic heterocycles. The van der Waals surface area contributed by atoms with Crippen molar-refractivity contribution in [1.29, 1.82) is 0 Å². The molecule has 0 fully saturated rings. The first kappa shape index (κ1) is 22.4. The predicted octanol–water partition coefficient (Wildman–Crippen LogP) is 5.41. The van der Waals surface area contributed by atoms with Crippen molar-refractivity contribution in [1.82, 2.24) is 4.90 Å². The standard InChI is InChI=1S/C21H30N2O3S2/c1-21(2,3)11-5-4-10-18(26-20(22)25)19(24)23(14-16-8-6-12-27-16)15-17-9-7-13-28-17/h6-9,12-13,18H,4-5,10-11,14-15H2,1-3H3,(H2,22,25)/t18-/m0/s1. The summed E-state index contributed by atoms with van der Waals surface area (Å²) in [6.45, 7) is 7.57. The molecule has 0 radical (unpaired) electrons. The number of hydrogen-bond donors (Lipinski definition) is 1. The first-order valence-electron chi connectivity index (χ1n) is 9.54. The van der Waals surface area contributed by atoms with E-state index in [-0.39, 0.29) is 11.3 Å². The Bertz CT molecular complexity index is 685. The average Bonchev–Trinajstić information content (AvgIpc) is 3.29. The predicted molar refractivity (Wildman–Crippen MR) is 115 cm³/mol. The summed E-state index contributed by atoms with van der Waals surface area (Å²) in [7, 11) is 0. The smallest absolute Gasteiger partial charge is 0.405 e. The van der Waals surface area contributed by atoms with Crippen LogP contribution in [0.4, 0.5) is 4.79 Å². The highest BCUT2D eigenvalue weighted by molar-refractivity contribution is 7.10. The fourth-order valence-electron chi connectivity index (χ4n) is 2.95. The second-order valence-corrected chi connectivity index (χ2v) is 10.1. The van der Waals surface area contributed by atoms with Crippen LogP contribution in [0, 0.1) is 5.41 Å². The van der Waals surface area contributed by atoms with Gasteiger partial charge in [0.1, 0.15) is 0 Å². The Labute approximate surface area is 175 Å². The highest BCUT2D eigenvalue weighted by Gasteiger charge is 2.28. The fraction of sp³-hybridized carbons (Fsp3) is 0.524. The van der Waals surface area contributed by atoms with Gasteiger partial charge in [0.05, 0.1) is 13.1 Å². The molecule has 0 bridgehead atoms. The number of primary amides is 1. The van der Waals surface area contributed by atoms with Gasteiger partial charge in [-0.05, 0) is 47.6 Å². The van der Waals surface area contributed by atoms with Gasteiger partial charge in [0.25, 0.3) is 5.91 Å². The first-order chi connectivity index (χ1) is 13.2. The molecular weight excluding hydrogens is 392 g/mol. The lowest BCUT2D eigenvalue weighted by Gasteiger charge is -2.26. The van der Waals surface area contributed by atoms with Crippen LogP contribution >= 0.6 is 22.7 Å². The van der Waals surface area contributed by atoms with Crippen LogP contribution in [-0.2, 0) is 22.6 Å². The molecular formula is C21H30N2O3S2. The molecule has 28 heavy (non-hydrogen) atoms. The molecule has 154 valence electrons. The van der Waals surface area contributed by atoms with E-state index < -0.39 is 12.2 Å². The SMILES string of the molecule is CC(C)(C)CCCC[C@H](OC(N)=O)C(=O)N(Cc1cccs1)Cc1cccs1. The lowest BCUT2D eigenvalue weighted by molar-refractivity contribution is -0.141. The maximum atomic E-state index is 13.2. The first-order valence-corrected chi connectivity index (χ1v) is 11.3. The van der Waals surface area contributed by atoms with E-state index in [0.29, 0.717) is 19.5 Å². The van der Waals surface area contributed by atoms with E-state index in [9.17, 15) is 9.59 Å². The van der Waals surface area contributed by atoms with Crippen LogP contribution in [-0.4, -0.2) is 23.0 Å². The van der Waals surface area contributed by atoms with Crippen LogP contribution < -0.4 is 5.73 Å². The van der Waals surface area contributed by atoms with E-state index in [2.05, 4.69) is 20.8 Å². The summed E-state index contributed by atoms with van der Waals surface area (Å²) in [4.78, 5) is 28.6. The number of rotatable bonds is 10. The highest BCUT2D eigenvalue weighted by atomic mass is 32.1. The second-order valence-electron chi connectivity index (χ2n) is 8.08. The molecule has 0 saturated heterocycles. The summed E-state index contributed by atoms with van der Waals surface area (Å²) in [6, 6.07) is 7.95. The molecule has 2 rings (SSSR count). The van der Waals surface area contributed by atoms with Gasteiger partial charge in [0.2, 0.25) is 0 Å². The molecule has 2 N–H and O–H groups in total. The van der Waals surface area contributed by atoms with E-state index >= 15 is 0 Å². The number of thiophene rings is 2. The number of carbonyl (C=O) groups is 2. The maximum absolute atomic E-state index is 13.2. The zero-order valence-corrected chi connectivity index (χ0v) is 18.5. The molecule has 5 nitrogen and oxygen atoms in total. The van der Waals surface area contributed by atoms with Gasteiger partial charge in [-0.1, -0.05) is 39.3 Å². The third-order valence-electron chi connectivity index (χ3n) is 4.34. The normalized spacial score (nSPS) is 12.5. The lowest BCUT2D eigenvalue weighted by atomic mass is 9.89. The summed E-state index contributed by atoms with van der Waals surface area (Å²) >= 11 is 3.22. The van der Waals surface area contributed by atoms with Crippen molar-refractivity contribution in [2.24, 2.45) is 11.1 Å². The molecule has 2 amide bonds. The van der Waals surface area contributed by atoms with Crippen molar-refractivity contribution in [3.8, 4) is 0 Å². The molecule has 0 saturated carbocycles. The van der Waals surface area contributed by atoms with Gasteiger partial charge in [0, 0.05) is 9.75 Å². The number of unbranched alkanes of at least 4 members (excludes halogenated alkanes) is 1. The molecule has 0 aliphatic carbocycles. The molecule has 0 unspecified atom stereocenters. The van der Waals surface area contributed by atoms with Gasteiger partial charge in [0.15, 0.2) is 6.10 Å². The largest absolute Gasteiger partial charge is 0.436 e. The Balaban J connectivity index is 2.07. The Kier molecular flexibility index (Phi) is 8.51. The summed E-state index contributed by atoms with van der Waals surface area (Å²) in [5.41, 5.74) is 5.49. The minimum atomic E-state index is -0.902. The van der Waals surface area contributed by atoms with Gasteiger partial charge in [-0.25, -0.2) is 4.79 Å². The van der Waals surface area contributed by atoms with E-state index in [1.807, 2.05) is 35.0 Å². The third-order valence-corrected chi connectivity index (χ3v) is 6.06. The number of amides is 2. The number of hydrogen-bond acceptors (Lipinski definition) is 5. The van der Waals surface area contributed by atoms with Crippen LogP contribution in [0.5, 0.6) is 0 Å². The number of nitrogens with zero attached hydrogens (tertiary/aromatic N) is 1. The van der Waals surface area contributed by atoms with Crippen molar-refractivity contribution < 1.29 is 14.3 Å². The van der Waals surface area contributed by atoms with E-state index in [0.717, 1.165) is 29.0 Å². The quantitative estimate of drug-likeness (QED) is 0.520. The van der Waals surface area contributed by atoms with Gasteiger partial charge in [-0.2, -0.15) is 0 Å². The fourth-order valence-corrected chi connectivity index (χ4v) is 4.39. The van der Waals surface area contributed by atoms with Crippen LogP contribution in [0.2, 0.25) is 0 Å². The third kappa shape index (κ3) is 8.02. The Morgan fingerprint density at radius 3 is 2.07 bits per heavy atom. The second kappa shape index (κ2) is 10.6. The Morgan fingerprint density at radius 2 is 1.64 bits per heavy atom. The van der Waals surface area contributed by atoms with Crippen LogP contribution in [0.15, 0.2) is 35.0 Å².